The number of carbonyl (C=O) groups excluding carboxylic acids is 1. The van der Waals surface area contributed by atoms with Gasteiger partial charge in [-0.05, 0) is 50.6 Å². The van der Waals surface area contributed by atoms with Gasteiger partial charge in [0.25, 0.3) is 5.91 Å². The lowest BCUT2D eigenvalue weighted by Gasteiger charge is -2.30. The molecule has 0 saturated heterocycles. The predicted octanol–water partition coefficient (Wildman–Crippen LogP) is 5.13. The second-order valence-corrected chi connectivity index (χ2v) is 10.2. The van der Waals surface area contributed by atoms with Gasteiger partial charge in [0.1, 0.15) is 0 Å². The van der Waals surface area contributed by atoms with Crippen LogP contribution in [0.5, 0.6) is 0 Å². The van der Waals surface area contributed by atoms with Crippen molar-refractivity contribution in [2.24, 2.45) is 11.8 Å². The summed E-state index contributed by atoms with van der Waals surface area (Å²) in [5.41, 5.74) is -2.18. The third-order valence-electron chi connectivity index (χ3n) is 6.20. The van der Waals surface area contributed by atoms with Gasteiger partial charge in [0, 0.05) is 22.6 Å². The number of nitrogens with one attached hydrogen (secondary N) is 2. The molecule has 12 heteroatoms. The van der Waals surface area contributed by atoms with E-state index in [2.05, 4.69) is 20.8 Å². The summed E-state index contributed by atoms with van der Waals surface area (Å²) in [6.07, 6.45) is -7.22. The number of carbonyl (C=O) groups is 1. The van der Waals surface area contributed by atoms with E-state index in [9.17, 15) is 31.1 Å². The largest absolute Gasteiger partial charge is 0.412 e. The molecular formula is C23H30F6N4O2. The molecule has 1 aromatic rings. The van der Waals surface area contributed by atoms with E-state index in [1.165, 1.54) is 0 Å². The number of hydrogen-bond donors (Lipinski definition) is 2. The van der Waals surface area contributed by atoms with Gasteiger partial charge in [-0.25, -0.2) is 0 Å². The lowest BCUT2D eigenvalue weighted by molar-refractivity contribution is -0.166. The van der Waals surface area contributed by atoms with Gasteiger partial charge in [-0.2, -0.15) is 31.3 Å². The summed E-state index contributed by atoms with van der Waals surface area (Å²) in [5.74, 6) is -1.82. The first-order valence-electron chi connectivity index (χ1n) is 11.5. The van der Waals surface area contributed by atoms with Gasteiger partial charge in [0.05, 0.1) is 12.5 Å². The molecule has 1 heterocycles. The zero-order valence-corrected chi connectivity index (χ0v) is 19.8. The lowest BCUT2D eigenvalue weighted by Crippen LogP contribution is -2.40. The molecule has 2 aliphatic rings. The van der Waals surface area contributed by atoms with Crippen molar-refractivity contribution in [3.63, 3.8) is 0 Å². The molecule has 6 nitrogen and oxygen atoms in total. The molecule has 1 saturated carbocycles. The molecule has 3 rings (SSSR count). The number of alkyl halides is 6. The maximum Gasteiger partial charge on any atom is 0.412 e. The standard InChI is InChI=1S/C23H30F6N4O2/c1-21(2,3)20-32-18(33-35-20)12-30-11-13-4-6-17(7-5-13)31-19(34)14-8-15(22(24,25)26)10-16(9-14)23(27,28)29/h8-9,13,15,17,30H,4-7,10-12H2,1-3H3,(H,31,34)/t13-,15?,17-. The van der Waals surface area contributed by atoms with E-state index in [1.807, 2.05) is 20.8 Å². The Morgan fingerprint density at radius 1 is 1.09 bits per heavy atom. The molecule has 0 aromatic carbocycles. The third kappa shape index (κ3) is 7.55. The SMILES string of the molecule is CC(C)(C)c1nc(CNC[C@H]2CC[C@H](NC(=O)C3=CC(C(F)(F)F)CC(C(F)(F)F)=C3)CC2)no1. The summed E-state index contributed by atoms with van der Waals surface area (Å²) in [4.78, 5) is 16.9. The van der Waals surface area contributed by atoms with Crippen LogP contribution >= 0.6 is 0 Å². The van der Waals surface area contributed by atoms with Crippen LogP contribution in [0.3, 0.4) is 0 Å². The summed E-state index contributed by atoms with van der Waals surface area (Å²) >= 11 is 0. The Hall–Kier alpha value is -2.37. The van der Waals surface area contributed by atoms with Crippen LogP contribution in [0.4, 0.5) is 26.3 Å². The van der Waals surface area contributed by atoms with E-state index in [0.29, 0.717) is 55.7 Å². The normalized spacial score (nSPS) is 24.1. The van der Waals surface area contributed by atoms with Gasteiger partial charge in [0.15, 0.2) is 5.82 Å². The first-order valence-corrected chi connectivity index (χ1v) is 11.5. The molecule has 196 valence electrons. The Morgan fingerprint density at radius 2 is 1.74 bits per heavy atom. The highest BCUT2D eigenvalue weighted by molar-refractivity contribution is 5.96. The molecule has 1 aromatic heterocycles. The molecule has 1 amide bonds. The fourth-order valence-corrected chi connectivity index (χ4v) is 4.15. The number of allylic oxidation sites excluding steroid dienone is 2. The minimum atomic E-state index is -4.93. The van der Waals surface area contributed by atoms with Gasteiger partial charge >= 0.3 is 12.4 Å². The summed E-state index contributed by atoms with van der Waals surface area (Å²) in [5, 5.41) is 9.84. The van der Waals surface area contributed by atoms with Crippen LogP contribution in [0, 0.1) is 11.8 Å². The van der Waals surface area contributed by atoms with Crippen molar-refractivity contribution >= 4 is 5.91 Å². The van der Waals surface area contributed by atoms with Crippen LogP contribution in [0.25, 0.3) is 0 Å². The maximum absolute atomic E-state index is 13.1. The summed E-state index contributed by atoms with van der Waals surface area (Å²) < 4.78 is 83.9. The van der Waals surface area contributed by atoms with Gasteiger partial charge in [-0.15, -0.1) is 0 Å². The van der Waals surface area contributed by atoms with Gasteiger partial charge in [0.2, 0.25) is 5.89 Å². The monoisotopic (exact) mass is 508 g/mol. The molecule has 1 unspecified atom stereocenters. The van der Waals surface area contributed by atoms with Crippen molar-refractivity contribution in [3.8, 4) is 0 Å². The molecular weight excluding hydrogens is 478 g/mol. The maximum atomic E-state index is 13.1. The van der Waals surface area contributed by atoms with Gasteiger partial charge in [-0.1, -0.05) is 32.0 Å². The summed E-state index contributed by atoms with van der Waals surface area (Å²) in [6.45, 7) is 7.05. The van der Waals surface area contributed by atoms with Crippen LogP contribution in [0.15, 0.2) is 27.8 Å². The smallest absolute Gasteiger partial charge is 0.349 e. The summed E-state index contributed by atoms with van der Waals surface area (Å²) in [7, 11) is 0. The van der Waals surface area contributed by atoms with Crippen LogP contribution < -0.4 is 10.6 Å². The zero-order chi connectivity index (χ0) is 26.0. The predicted molar refractivity (Wildman–Crippen MR) is 115 cm³/mol. The van der Waals surface area contributed by atoms with Gasteiger partial charge in [-0.3, -0.25) is 4.79 Å². The number of halogens is 6. The lowest BCUT2D eigenvalue weighted by atomic mass is 9.85. The van der Waals surface area contributed by atoms with E-state index in [4.69, 9.17) is 4.52 Å². The number of hydrogen-bond acceptors (Lipinski definition) is 5. The first kappa shape index (κ1) is 27.2. The van der Waals surface area contributed by atoms with E-state index >= 15 is 0 Å². The van der Waals surface area contributed by atoms with Crippen molar-refractivity contribution < 1.29 is 35.7 Å². The Kier molecular flexibility index (Phi) is 8.02. The third-order valence-corrected chi connectivity index (χ3v) is 6.20. The molecule has 2 N–H and O–H groups in total. The second kappa shape index (κ2) is 10.3. The van der Waals surface area contributed by atoms with Crippen LogP contribution in [0.1, 0.15) is 64.6 Å². The molecule has 35 heavy (non-hydrogen) atoms. The van der Waals surface area contributed by atoms with E-state index in [0.717, 1.165) is 12.8 Å². The highest BCUT2D eigenvalue weighted by Gasteiger charge is 2.46. The molecule has 1 fully saturated rings. The van der Waals surface area contributed by atoms with E-state index < -0.39 is 41.7 Å². The zero-order valence-electron chi connectivity index (χ0n) is 19.8. The highest BCUT2D eigenvalue weighted by atomic mass is 19.4. The van der Waals surface area contributed by atoms with Crippen LogP contribution in [-0.4, -0.2) is 41.0 Å². The number of amides is 1. The Morgan fingerprint density at radius 3 is 2.29 bits per heavy atom. The number of aromatic nitrogens is 2. The van der Waals surface area contributed by atoms with Crippen LogP contribution in [0.2, 0.25) is 0 Å². The van der Waals surface area contributed by atoms with Crippen molar-refractivity contribution in [1.29, 1.82) is 0 Å². The van der Waals surface area contributed by atoms with E-state index in [1.54, 1.807) is 0 Å². The molecule has 0 spiro atoms. The minimum absolute atomic E-state index is 0.237. The Balaban J connectivity index is 1.48. The Labute approximate surface area is 199 Å². The quantitative estimate of drug-likeness (QED) is 0.521. The van der Waals surface area contributed by atoms with Crippen LogP contribution in [-0.2, 0) is 16.8 Å². The molecule has 1 atom stereocenters. The van der Waals surface area contributed by atoms with Crippen molar-refractivity contribution in [1.82, 2.24) is 20.8 Å². The summed E-state index contributed by atoms with van der Waals surface area (Å²) in [6, 6.07) is -0.305. The fraction of sp³-hybridized carbons (Fsp3) is 0.696. The molecule has 0 radical (unpaired) electrons. The average Bonchev–Trinajstić information content (AvgIpc) is 3.23. The molecule has 0 aliphatic heterocycles. The molecule has 0 bridgehead atoms. The first-order chi connectivity index (χ1) is 16.1. The minimum Gasteiger partial charge on any atom is -0.349 e. The van der Waals surface area contributed by atoms with E-state index in [-0.39, 0.29) is 11.5 Å². The van der Waals surface area contributed by atoms with Gasteiger partial charge < -0.3 is 15.2 Å². The Bertz CT molecular complexity index is 950. The van der Waals surface area contributed by atoms with Crippen molar-refractivity contribution in [2.75, 3.05) is 6.54 Å². The average molecular weight is 509 g/mol. The van der Waals surface area contributed by atoms with Crippen molar-refractivity contribution in [3.05, 3.63) is 35.0 Å². The number of nitrogens with zero attached hydrogens (tertiary/aromatic N) is 2. The number of rotatable bonds is 6. The van der Waals surface area contributed by atoms with Crippen molar-refractivity contribution in [2.45, 2.75) is 83.2 Å². The highest BCUT2D eigenvalue weighted by Crippen LogP contribution is 2.41. The second-order valence-electron chi connectivity index (χ2n) is 10.2. The topological polar surface area (TPSA) is 80.0 Å². The fourth-order valence-electron chi connectivity index (χ4n) is 4.15. The molecule has 2 aliphatic carbocycles.